The van der Waals surface area contributed by atoms with Crippen LogP contribution in [0.3, 0.4) is 0 Å². The summed E-state index contributed by atoms with van der Waals surface area (Å²) in [6.07, 6.45) is 3.69. The molecule has 1 heterocycles. The second kappa shape index (κ2) is 12.4. The molecule has 1 unspecified atom stereocenters. The molecule has 1 atom stereocenters. The van der Waals surface area contributed by atoms with Crippen LogP contribution in [0.2, 0.25) is 0 Å². The maximum absolute atomic E-state index is 4.71. The standard InChI is InChI=1S/C20H35N5.HI/c1-5-21-20(22-12-9-13-24(3)4)23-17(2)18-10-8-11-19(16-18)25-14-6-7-15-25;/h8,10-11,16-17H,5-7,9,12-15H2,1-4H3,(H2,21,22,23);1H. The number of aliphatic imine (C=N–C) groups is 1. The van der Waals surface area contributed by atoms with Crippen LogP contribution in [0, 0.1) is 0 Å². The zero-order valence-electron chi connectivity index (χ0n) is 16.8. The number of nitrogens with one attached hydrogen (secondary N) is 2. The van der Waals surface area contributed by atoms with Crippen molar-refractivity contribution in [1.29, 1.82) is 0 Å². The van der Waals surface area contributed by atoms with Crippen molar-refractivity contribution in [1.82, 2.24) is 15.5 Å². The van der Waals surface area contributed by atoms with Crippen molar-refractivity contribution in [2.75, 3.05) is 51.7 Å². The molecule has 2 rings (SSSR count). The lowest BCUT2D eigenvalue weighted by Gasteiger charge is -2.22. The van der Waals surface area contributed by atoms with Gasteiger partial charge in [0.25, 0.3) is 0 Å². The first-order valence-electron chi connectivity index (χ1n) is 9.64. The first-order valence-corrected chi connectivity index (χ1v) is 9.64. The van der Waals surface area contributed by atoms with E-state index in [0.717, 1.165) is 32.0 Å². The van der Waals surface area contributed by atoms with Gasteiger partial charge in [-0.15, -0.1) is 24.0 Å². The summed E-state index contributed by atoms with van der Waals surface area (Å²) in [5, 5.41) is 6.90. The summed E-state index contributed by atoms with van der Waals surface area (Å²) in [5.74, 6) is 0.903. The topological polar surface area (TPSA) is 42.9 Å². The maximum Gasteiger partial charge on any atom is 0.191 e. The minimum Gasteiger partial charge on any atom is -0.372 e. The number of hydrogen-bond acceptors (Lipinski definition) is 3. The average molecular weight is 473 g/mol. The predicted molar refractivity (Wildman–Crippen MR) is 124 cm³/mol. The molecule has 1 aromatic rings. The molecule has 0 aromatic heterocycles. The zero-order chi connectivity index (χ0) is 18.1. The third-order valence-electron chi connectivity index (χ3n) is 4.57. The largest absolute Gasteiger partial charge is 0.372 e. The SMILES string of the molecule is CCNC(=NCCCN(C)C)NC(C)c1cccc(N2CCCC2)c1.I. The fraction of sp³-hybridized carbons (Fsp3) is 0.650. The lowest BCUT2D eigenvalue weighted by atomic mass is 10.1. The Morgan fingerprint density at radius 3 is 2.65 bits per heavy atom. The van der Waals surface area contributed by atoms with Gasteiger partial charge in [0.15, 0.2) is 5.96 Å². The molecule has 26 heavy (non-hydrogen) atoms. The van der Waals surface area contributed by atoms with Crippen molar-refractivity contribution >= 4 is 35.6 Å². The van der Waals surface area contributed by atoms with Crippen LogP contribution in [0.5, 0.6) is 0 Å². The molecule has 1 saturated heterocycles. The monoisotopic (exact) mass is 473 g/mol. The minimum atomic E-state index is 0. The van der Waals surface area contributed by atoms with E-state index in [1.165, 1.54) is 37.2 Å². The Kier molecular flexibility index (Phi) is 11.0. The molecule has 1 fully saturated rings. The summed E-state index contributed by atoms with van der Waals surface area (Å²) >= 11 is 0. The van der Waals surface area contributed by atoms with E-state index in [1.807, 2.05) is 0 Å². The van der Waals surface area contributed by atoms with Gasteiger partial charge >= 0.3 is 0 Å². The number of anilines is 1. The fourth-order valence-corrected chi connectivity index (χ4v) is 3.15. The number of hydrogen-bond donors (Lipinski definition) is 2. The summed E-state index contributed by atoms with van der Waals surface area (Å²) in [5.41, 5.74) is 2.65. The van der Waals surface area contributed by atoms with Crippen molar-refractivity contribution in [3.8, 4) is 0 Å². The van der Waals surface area contributed by atoms with Gasteiger partial charge in [-0.3, -0.25) is 4.99 Å². The highest BCUT2D eigenvalue weighted by Gasteiger charge is 2.14. The molecular weight excluding hydrogens is 437 g/mol. The molecule has 0 amide bonds. The molecule has 148 valence electrons. The number of benzene rings is 1. The van der Waals surface area contributed by atoms with Crippen LogP contribution in [0.1, 0.15) is 44.7 Å². The van der Waals surface area contributed by atoms with Gasteiger partial charge in [-0.1, -0.05) is 12.1 Å². The third kappa shape index (κ3) is 7.70. The van der Waals surface area contributed by atoms with Crippen LogP contribution in [-0.2, 0) is 0 Å². The lowest BCUT2D eigenvalue weighted by molar-refractivity contribution is 0.403. The summed E-state index contributed by atoms with van der Waals surface area (Å²) in [6, 6.07) is 9.14. The van der Waals surface area contributed by atoms with E-state index in [-0.39, 0.29) is 30.0 Å². The Hall–Kier alpha value is -1.02. The van der Waals surface area contributed by atoms with Gasteiger partial charge in [-0.05, 0) is 71.4 Å². The van der Waals surface area contributed by atoms with E-state index in [4.69, 9.17) is 4.99 Å². The fourth-order valence-electron chi connectivity index (χ4n) is 3.15. The minimum absolute atomic E-state index is 0. The quantitative estimate of drug-likeness (QED) is 0.263. The summed E-state index contributed by atoms with van der Waals surface area (Å²) < 4.78 is 0. The van der Waals surface area contributed by atoms with E-state index in [9.17, 15) is 0 Å². The van der Waals surface area contributed by atoms with Gasteiger partial charge in [0.05, 0.1) is 6.04 Å². The van der Waals surface area contributed by atoms with Crippen molar-refractivity contribution in [3.63, 3.8) is 0 Å². The van der Waals surface area contributed by atoms with Crippen LogP contribution in [-0.4, -0.2) is 57.7 Å². The number of guanidine groups is 1. The van der Waals surface area contributed by atoms with Crippen LogP contribution in [0.25, 0.3) is 0 Å². The molecule has 0 spiro atoms. The smallest absolute Gasteiger partial charge is 0.191 e. The molecule has 5 nitrogen and oxygen atoms in total. The molecule has 1 aliphatic rings. The summed E-state index contributed by atoms with van der Waals surface area (Å²) in [6.45, 7) is 9.46. The van der Waals surface area contributed by atoms with E-state index in [1.54, 1.807) is 0 Å². The molecule has 1 aromatic carbocycles. The van der Waals surface area contributed by atoms with Crippen molar-refractivity contribution in [2.45, 2.75) is 39.2 Å². The molecule has 6 heteroatoms. The van der Waals surface area contributed by atoms with Gasteiger partial charge in [0, 0.05) is 31.9 Å². The van der Waals surface area contributed by atoms with Crippen LogP contribution < -0.4 is 15.5 Å². The third-order valence-corrected chi connectivity index (χ3v) is 4.57. The first kappa shape index (κ1) is 23.0. The van der Waals surface area contributed by atoms with E-state index in [2.05, 4.69) is 72.6 Å². The number of halogens is 1. The number of nitrogens with zero attached hydrogens (tertiary/aromatic N) is 3. The summed E-state index contributed by atoms with van der Waals surface area (Å²) in [4.78, 5) is 9.39. The van der Waals surface area contributed by atoms with Crippen molar-refractivity contribution in [2.24, 2.45) is 4.99 Å². The van der Waals surface area contributed by atoms with E-state index >= 15 is 0 Å². The van der Waals surface area contributed by atoms with Gasteiger partial charge in [0.2, 0.25) is 0 Å². The first-order chi connectivity index (χ1) is 12.1. The van der Waals surface area contributed by atoms with Crippen molar-refractivity contribution in [3.05, 3.63) is 29.8 Å². The highest BCUT2D eigenvalue weighted by atomic mass is 127. The zero-order valence-corrected chi connectivity index (χ0v) is 19.1. The van der Waals surface area contributed by atoms with Gasteiger partial charge in [-0.25, -0.2) is 0 Å². The highest BCUT2D eigenvalue weighted by Crippen LogP contribution is 2.23. The van der Waals surface area contributed by atoms with E-state index < -0.39 is 0 Å². The van der Waals surface area contributed by atoms with Gasteiger partial charge in [0.1, 0.15) is 0 Å². The predicted octanol–water partition coefficient (Wildman–Crippen LogP) is 3.47. The molecular formula is C20H36IN5. The summed E-state index contributed by atoms with van der Waals surface area (Å²) in [7, 11) is 4.20. The average Bonchev–Trinajstić information content (AvgIpc) is 3.13. The van der Waals surface area contributed by atoms with Crippen LogP contribution in [0.4, 0.5) is 5.69 Å². The van der Waals surface area contributed by atoms with Crippen LogP contribution in [0.15, 0.2) is 29.3 Å². The van der Waals surface area contributed by atoms with Gasteiger partial charge in [-0.2, -0.15) is 0 Å². The number of rotatable bonds is 8. The van der Waals surface area contributed by atoms with E-state index in [0.29, 0.717) is 0 Å². The lowest BCUT2D eigenvalue weighted by Crippen LogP contribution is -2.39. The molecule has 0 saturated carbocycles. The maximum atomic E-state index is 4.71. The molecule has 2 N–H and O–H groups in total. The molecule has 0 aliphatic carbocycles. The Morgan fingerprint density at radius 1 is 1.27 bits per heavy atom. The highest BCUT2D eigenvalue weighted by molar-refractivity contribution is 14.0. The molecule has 1 aliphatic heterocycles. The second-order valence-corrected chi connectivity index (χ2v) is 7.07. The van der Waals surface area contributed by atoms with Gasteiger partial charge < -0.3 is 20.4 Å². The van der Waals surface area contributed by atoms with Crippen LogP contribution >= 0.6 is 24.0 Å². The Labute approximate surface area is 176 Å². The Morgan fingerprint density at radius 2 is 2.00 bits per heavy atom. The van der Waals surface area contributed by atoms with Crippen molar-refractivity contribution < 1.29 is 0 Å². The molecule has 0 radical (unpaired) electrons. The Balaban J connectivity index is 0.00000338. The molecule has 0 bridgehead atoms. The Bertz CT molecular complexity index is 541. The normalized spacial score (nSPS) is 15.7. The second-order valence-electron chi connectivity index (χ2n) is 7.07.